The Kier molecular flexibility index (Phi) is 9.23. The molecule has 3 heteroatoms. The van der Waals surface area contributed by atoms with Crippen molar-refractivity contribution in [3.05, 3.63) is 63.7 Å². The third kappa shape index (κ3) is 6.21. The first-order valence-electron chi connectivity index (χ1n) is 4.42. The monoisotopic (exact) mass is 243 g/mol. The van der Waals surface area contributed by atoms with Crippen LogP contribution >= 0.6 is 0 Å². The molecule has 80 valence electrons. The number of hydrogen-bond acceptors (Lipinski definition) is 2. The summed E-state index contributed by atoms with van der Waals surface area (Å²) in [4.78, 5) is 0. The van der Waals surface area contributed by atoms with Gasteiger partial charge in [0.2, 0.25) is 0 Å². The largest absolute Gasteiger partial charge is 0.411 e. The van der Waals surface area contributed by atoms with Gasteiger partial charge in [-0.25, -0.2) is 0 Å². The van der Waals surface area contributed by atoms with E-state index < -0.39 is 0 Å². The van der Waals surface area contributed by atoms with Crippen LogP contribution in [0.4, 0.5) is 0 Å². The molecule has 0 saturated heterocycles. The van der Waals surface area contributed by atoms with Crippen LogP contribution in [0.2, 0.25) is 0 Å². The van der Waals surface area contributed by atoms with Gasteiger partial charge in [-0.15, -0.1) is 0 Å². The molecule has 2 aliphatic carbocycles. The maximum Gasteiger partial charge on any atom is 0.0617 e. The van der Waals surface area contributed by atoms with Crippen molar-refractivity contribution >= 4 is 5.71 Å². The van der Waals surface area contributed by atoms with Crippen LogP contribution in [-0.2, 0) is 17.1 Å². The molecule has 0 aromatic rings. The number of nitrogens with zero attached hydrogens (tertiary/aromatic N) is 1. The molecule has 1 N–H and O–H groups in total. The summed E-state index contributed by atoms with van der Waals surface area (Å²) in [6.45, 7) is 1.76. The van der Waals surface area contributed by atoms with E-state index in [0.29, 0.717) is 5.71 Å². The molecular weight excluding hydrogens is 230 g/mol. The Morgan fingerprint density at radius 3 is 1.67 bits per heavy atom. The molecule has 2 fully saturated rings. The molecule has 0 atom stereocenters. The zero-order chi connectivity index (χ0) is 10.2. The van der Waals surface area contributed by atoms with Crippen molar-refractivity contribution in [2.75, 3.05) is 0 Å². The van der Waals surface area contributed by atoms with Gasteiger partial charge in [0.25, 0.3) is 0 Å². The average molecular weight is 243 g/mol. The van der Waals surface area contributed by atoms with Crippen LogP contribution < -0.4 is 0 Å². The zero-order valence-corrected chi connectivity index (χ0v) is 9.55. The Morgan fingerprint density at radius 1 is 0.933 bits per heavy atom. The van der Waals surface area contributed by atoms with Gasteiger partial charge in [-0.3, -0.25) is 0 Å². The van der Waals surface area contributed by atoms with E-state index in [0.717, 1.165) is 5.92 Å². The van der Waals surface area contributed by atoms with E-state index in [1.807, 2.05) is 57.8 Å². The Labute approximate surface area is 104 Å². The molecular formula is C12H13FeNO. The molecule has 2 aliphatic rings. The van der Waals surface area contributed by atoms with Gasteiger partial charge in [-0.1, -0.05) is 5.16 Å². The standard InChI is InChI=1S/C7H8NO.C5H5.Fe/c1-6(8-9)7-4-2-3-5-7;1-2-4-5-3-1;/h2-5,9H,1H3;1-5H;/b8-6+;;. The van der Waals surface area contributed by atoms with Crippen LogP contribution in [0, 0.1) is 63.7 Å². The van der Waals surface area contributed by atoms with Crippen LogP contribution in [0.5, 0.6) is 0 Å². The van der Waals surface area contributed by atoms with Crippen molar-refractivity contribution in [3.8, 4) is 0 Å². The van der Waals surface area contributed by atoms with Gasteiger partial charge in [0.1, 0.15) is 0 Å². The van der Waals surface area contributed by atoms with Crippen LogP contribution in [0.3, 0.4) is 0 Å². The topological polar surface area (TPSA) is 32.6 Å². The van der Waals surface area contributed by atoms with Crippen LogP contribution in [0.25, 0.3) is 0 Å². The molecule has 0 aliphatic heterocycles. The van der Waals surface area contributed by atoms with Gasteiger partial charge >= 0.3 is 0 Å². The smallest absolute Gasteiger partial charge is 0.0617 e. The van der Waals surface area contributed by atoms with Crippen LogP contribution in [0.1, 0.15) is 6.92 Å². The van der Waals surface area contributed by atoms with Gasteiger partial charge in [0.05, 0.1) is 5.71 Å². The first-order valence-corrected chi connectivity index (χ1v) is 4.42. The first-order chi connectivity index (χ1) is 6.84. The van der Waals surface area contributed by atoms with E-state index in [1.165, 1.54) is 0 Å². The van der Waals surface area contributed by atoms with E-state index in [-0.39, 0.29) is 17.1 Å². The van der Waals surface area contributed by atoms with E-state index in [9.17, 15) is 0 Å². The Bertz CT molecular complexity index is 165. The normalized spacial score (nSPS) is 21.8. The molecule has 0 heterocycles. The van der Waals surface area contributed by atoms with E-state index >= 15 is 0 Å². The summed E-state index contributed by atoms with van der Waals surface area (Å²) >= 11 is 0. The van der Waals surface area contributed by atoms with E-state index in [1.54, 1.807) is 6.92 Å². The summed E-state index contributed by atoms with van der Waals surface area (Å²) in [5.41, 5.74) is 0.653. The predicted octanol–water partition coefficient (Wildman–Crippen LogP) is 2.26. The van der Waals surface area contributed by atoms with E-state index in [2.05, 4.69) is 5.16 Å². The molecule has 0 spiro atoms. The van der Waals surface area contributed by atoms with Crippen LogP contribution in [0.15, 0.2) is 5.16 Å². The van der Waals surface area contributed by atoms with Crippen molar-refractivity contribution < 1.29 is 22.3 Å². The number of rotatable bonds is 1. The Hall–Kier alpha value is -0.0105. The molecule has 0 aromatic heterocycles. The second-order valence-electron chi connectivity index (χ2n) is 2.82. The fourth-order valence-electron chi connectivity index (χ4n) is 0.994. The van der Waals surface area contributed by atoms with Gasteiger partial charge < -0.3 is 5.21 Å². The summed E-state index contributed by atoms with van der Waals surface area (Å²) in [6.07, 6.45) is 17.6. The summed E-state index contributed by atoms with van der Waals surface area (Å²) in [7, 11) is 0. The SMILES string of the molecule is C/C(=N\O)[C]1[CH][CH][CH][CH]1.[CH]1[CH][CH][CH][CH]1.[Fe]. The van der Waals surface area contributed by atoms with Gasteiger partial charge in [-0.2, -0.15) is 0 Å². The molecule has 15 heavy (non-hydrogen) atoms. The summed E-state index contributed by atoms with van der Waals surface area (Å²) in [5.74, 6) is 0.970. The molecule has 0 unspecified atom stereocenters. The van der Waals surface area contributed by atoms with E-state index in [4.69, 9.17) is 5.21 Å². The minimum Gasteiger partial charge on any atom is -0.411 e. The predicted molar refractivity (Wildman–Crippen MR) is 56.8 cm³/mol. The number of oxime groups is 1. The third-order valence-electron chi connectivity index (χ3n) is 1.79. The minimum absolute atomic E-state index is 0. The molecule has 2 rings (SSSR count). The average Bonchev–Trinajstić information content (AvgIpc) is 2.91. The maximum atomic E-state index is 8.29. The Morgan fingerprint density at radius 2 is 1.33 bits per heavy atom. The fourth-order valence-corrected chi connectivity index (χ4v) is 0.994. The zero-order valence-electron chi connectivity index (χ0n) is 8.44. The second-order valence-corrected chi connectivity index (χ2v) is 2.82. The van der Waals surface area contributed by atoms with Crippen molar-refractivity contribution in [1.29, 1.82) is 0 Å². The fraction of sp³-hybridized carbons (Fsp3) is 0.0833. The molecule has 0 amide bonds. The molecule has 0 aromatic carbocycles. The molecule has 10 radical (unpaired) electrons. The van der Waals surface area contributed by atoms with Gasteiger partial charge in [0.15, 0.2) is 0 Å². The van der Waals surface area contributed by atoms with Crippen molar-refractivity contribution in [2.24, 2.45) is 5.16 Å². The molecule has 2 saturated carbocycles. The van der Waals surface area contributed by atoms with Crippen molar-refractivity contribution in [3.63, 3.8) is 0 Å². The Balaban J connectivity index is 0.000000280. The molecule has 0 bridgehead atoms. The van der Waals surface area contributed by atoms with Crippen molar-refractivity contribution in [1.82, 2.24) is 0 Å². The summed E-state index contributed by atoms with van der Waals surface area (Å²) in [5, 5.41) is 11.3. The van der Waals surface area contributed by atoms with Gasteiger partial charge in [0, 0.05) is 23.0 Å². The number of hydrogen-bond donors (Lipinski definition) is 1. The molecule has 2 nitrogen and oxygen atoms in total. The first kappa shape index (κ1) is 15.0. The summed E-state index contributed by atoms with van der Waals surface area (Å²) < 4.78 is 0. The van der Waals surface area contributed by atoms with Crippen molar-refractivity contribution in [2.45, 2.75) is 6.92 Å². The maximum absolute atomic E-state index is 8.29. The quantitative estimate of drug-likeness (QED) is 0.326. The van der Waals surface area contributed by atoms with Crippen LogP contribution in [-0.4, -0.2) is 10.9 Å². The second kappa shape index (κ2) is 9.23. The van der Waals surface area contributed by atoms with Gasteiger partial charge in [-0.05, 0) is 64.7 Å². The summed E-state index contributed by atoms with van der Waals surface area (Å²) in [6, 6.07) is 0. The third-order valence-corrected chi connectivity index (χ3v) is 1.79. The minimum atomic E-state index is 0.